The fourth-order valence-corrected chi connectivity index (χ4v) is 2.41. The molecule has 0 saturated heterocycles. The van der Waals surface area contributed by atoms with Gasteiger partial charge in [-0.25, -0.2) is 14.4 Å². The number of amides is 1. The van der Waals surface area contributed by atoms with Gasteiger partial charge in [0.05, 0.1) is 0 Å². The zero-order valence-corrected chi connectivity index (χ0v) is 14.8. The predicted molar refractivity (Wildman–Crippen MR) is 101 cm³/mol. The smallest absolute Gasteiger partial charge is 0.274 e. The molecule has 0 aliphatic rings. The van der Waals surface area contributed by atoms with E-state index in [1.165, 1.54) is 19.1 Å². The van der Waals surface area contributed by atoms with Gasteiger partial charge < -0.3 is 10.6 Å². The van der Waals surface area contributed by atoms with E-state index in [0.29, 0.717) is 22.6 Å². The lowest BCUT2D eigenvalue weighted by Gasteiger charge is -2.09. The number of hydrogen-bond acceptors (Lipinski definition) is 5. The lowest BCUT2D eigenvalue weighted by atomic mass is 10.1. The van der Waals surface area contributed by atoms with Crippen LogP contribution in [0.25, 0.3) is 0 Å². The average molecular weight is 364 g/mol. The van der Waals surface area contributed by atoms with Crippen molar-refractivity contribution < 1.29 is 14.0 Å². The van der Waals surface area contributed by atoms with Crippen molar-refractivity contribution in [3.8, 4) is 0 Å². The third kappa shape index (κ3) is 4.72. The van der Waals surface area contributed by atoms with Gasteiger partial charge in [0.2, 0.25) is 5.95 Å². The topological polar surface area (TPSA) is 84.0 Å². The molecule has 0 bridgehead atoms. The van der Waals surface area contributed by atoms with Crippen LogP contribution >= 0.6 is 0 Å². The van der Waals surface area contributed by atoms with Crippen molar-refractivity contribution in [3.63, 3.8) is 0 Å². The molecule has 0 aliphatic heterocycles. The monoisotopic (exact) mass is 364 g/mol. The van der Waals surface area contributed by atoms with Gasteiger partial charge in [-0.15, -0.1) is 0 Å². The molecular weight excluding hydrogens is 347 g/mol. The molecule has 27 heavy (non-hydrogen) atoms. The van der Waals surface area contributed by atoms with Crippen LogP contribution in [0.3, 0.4) is 0 Å². The molecular formula is C20H17FN4O2. The summed E-state index contributed by atoms with van der Waals surface area (Å²) in [5, 5.41) is 5.66. The van der Waals surface area contributed by atoms with E-state index in [2.05, 4.69) is 20.6 Å². The van der Waals surface area contributed by atoms with Crippen molar-refractivity contribution in [2.24, 2.45) is 0 Å². The van der Waals surface area contributed by atoms with Crippen molar-refractivity contribution in [2.45, 2.75) is 13.8 Å². The summed E-state index contributed by atoms with van der Waals surface area (Å²) in [6, 6.07) is 13.9. The van der Waals surface area contributed by atoms with Crippen LogP contribution in [-0.4, -0.2) is 21.7 Å². The van der Waals surface area contributed by atoms with Gasteiger partial charge in [-0.3, -0.25) is 9.59 Å². The Kier molecular flexibility index (Phi) is 5.21. The van der Waals surface area contributed by atoms with E-state index in [1.807, 2.05) is 0 Å². The van der Waals surface area contributed by atoms with E-state index in [4.69, 9.17) is 0 Å². The molecule has 7 heteroatoms. The van der Waals surface area contributed by atoms with Crippen LogP contribution in [0.1, 0.15) is 33.5 Å². The fraction of sp³-hybridized carbons (Fsp3) is 0.100. The van der Waals surface area contributed by atoms with E-state index >= 15 is 0 Å². The molecule has 0 saturated carbocycles. The minimum absolute atomic E-state index is 0.0882. The molecule has 0 radical (unpaired) electrons. The Morgan fingerprint density at radius 1 is 0.963 bits per heavy atom. The second-order valence-corrected chi connectivity index (χ2v) is 5.94. The fourth-order valence-electron chi connectivity index (χ4n) is 2.41. The number of Topliss-reactive ketones (excluding diaryl/α,β-unsaturated/α-hetero) is 1. The Balaban J connectivity index is 1.80. The number of aromatic nitrogens is 2. The van der Waals surface area contributed by atoms with Crippen molar-refractivity contribution in [1.29, 1.82) is 0 Å². The van der Waals surface area contributed by atoms with Crippen molar-refractivity contribution in [3.05, 3.63) is 77.4 Å². The van der Waals surface area contributed by atoms with Gasteiger partial charge in [-0.2, -0.15) is 0 Å². The number of hydrogen-bond donors (Lipinski definition) is 2. The Hall–Kier alpha value is -3.61. The third-order valence-corrected chi connectivity index (χ3v) is 3.71. The van der Waals surface area contributed by atoms with Crippen LogP contribution < -0.4 is 10.6 Å². The number of benzene rings is 2. The van der Waals surface area contributed by atoms with Gasteiger partial charge in [0.1, 0.15) is 11.5 Å². The first kappa shape index (κ1) is 18.2. The molecule has 0 fully saturated rings. The molecule has 1 aromatic heterocycles. The number of nitrogens with zero attached hydrogens (tertiary/aromatic N) is 2. The molecule has 1 heterocycles. The number of nitrogens with one attached hydrogen (secondary N) is 2. The molecule has 136 valence electrons. The molecule has 1 amide bonds. The highest BCUT2D eigenvalue weighted by Crippen LogP contribution is 2.16. The quantitative estimate of drug-likeness (QED) is 0.665. The van der Waals surface area contributed by atoms with E-state index in [9.17, 15) is 14.0 Å². The van der Waals surface area contributed by atoms with Gasteiger partial charge in [0.25, 0.3) is 5.91 Å². The highest BCUT2D eigenvalue weighted by atomic mass is 19.1. The third-order valence-electron chi connectivity index (χ3n) is 3.71. The maximum Gasteiger partial charge on any atom is 0.274 e. The highest BCUT2D eigenvalue weighted by molar-refractivity contribution is 6.04. The number of carbonyl (C=O) groups is 2. The number of rotatable bonds is 5. The molecule has 2 N–H and O–H groups in total. The first-order chi connectivity index (χ1) is 12.9. The first-order valence-corrected chi connectivity index (χ1v) is 8.21. The summed E-state index contributed by atoms with van der Waals surface area (Å²) < 4.78 is 13.0. The van der Waals surface area contributed by atoms with Crippen LogP contribution in [0.15, 0.2) is 54.6 Å². The van der Waals surface area contributed by atoms with Gasteiger partial charge in [-0.05, 0) is 56.3 Å². The minimum Gasteiger partial charge on any atom is -0.324 e. The maximum atomic E-state index is 13.0. The van der Waals surface area contributed by atoms with Crippen molar-refractivity contribution >= 4 is 29.0 Å². The van der Waals surface area contributed by atoms with Gasteiger partial charge >= 0.3 is 0 Å². The van der Waals surface area contributed by atoms with Crippen LogP contribution in [0.4, 0.5) is 21.7 Å². The average Bonchev–Trinajstić information content (AvgIpc) is 2.63. The SMILES string of the molecule is CC(=O)c1cccc(NC(=O)c2cc(C)nc(Nc3ccc(F)cc3)n2)c1. The second-order valence-electron chi connectivity index (χ2n) is 5.94. The zero-order valence-electron chi connectivity index (χ0n) is 14.8. The molecule has 3 aromatic rings. The summed E-state index contributed by atoms with van der Waals surface area (Å²) in [6.45, 7) is 3.20. The second kappa shape index (κ2) is 7.74. The largest absolute Gasteiger partial charge is 0.324 e. The number of ketones is 1. The molecule has 0 aliphatic carbocycles. The van der Waals surface area contributed by atoms with Crippen LogP contribution in [0, 0.1) is 12.7 Å². The van der Waals surface area contributed by atoms with Gasteiger partial charge in [0.15, 0.2) is 5.78 Å². The molecule has 0 unspecified atom stereocenters. The summed E-state index contributed by atoms with van der Waals surface area (Å²) in [4.78, 5) is 32.5. The standard InChI is InChI=1S/C20H17FN4O2/c1-12-10-18(19(27)23-17-5-3-4-14(11-17)13(2)26)25-20(22-12)24-16-8-6-15(21)7-9-16/h3-11H,1-2H3,(H,23,27)(H,22,24,25). The summed E-state index contributed by atoms with van der Waals surface area (Å²) >= 11 is 0. The van der Waals surface area contributed by atoms with Gasteiger partial charge in [-0.1, -0.05) is 12.1 Å². The summed E-state index contributed by atoms with van der Waals surface area (Å²) in [5.41, 5.74) is 2.36. The van der Waals surface area contributed by atoms with E-state index in [0.717, 1.165) is 0 Å². The number of anilines is 3. The Bertz CT molecular complexity index is 1000. The van der Waals surface area contributed by atoms with Gasteiger partial charge in [0, 0.05) is 22.6 Å². The van der Waals surface area contributed by atoms with Crippen molar-refractivity contribution in [1.82, 2.24) is 9.97 Å². The lowest BCUT2D eigenvalue weighted by Crippen LogP contribution is -2.15. The van der Waals surface area contributed by atoms with E-state index in [-0.39, 0.29) is 23.2 Å². The lowest BCUT2D eigenvalue weighted by molar-refractivity contribution is 0.100. The normalized spacial score (nSPS) is 10.3. The zero-order chi connectivity index (χ0) is 19.4. The van der Waals surface area contributed by atoms with E-state index in [1.54, 1.807) is 49.4 Å². The number of aryl methyl sites for hydroxylation is 1. The molecule has 0 spiro atoms. The highest BCUT2D eigenvalue weighted by Gasteiger charge is 2.12. The molecule has 2 aromatic carbocycles. The maximum absolute atomic E-state index is 13.0. The van der Waals surface area contributed by atoms with Crippen molar-refractivity contribution in [2.75, 3.05) is 10.6 Å². The Labute approximate surface area is 155 Å². The molecule has 0 atom stereocenters. The van der Waals surface area contributed by atoms with Crippen LogP contribution in [0.2, 0.25) is 0 Å². The Morgan fingerprint density at radius 3 is 2.41 bits per heavy atom. The van der Waals surface area contributed by atoms with Crippen LogP contribution in [0.5, 0.6) is 0 Å². The minimum atomic E-state index is -0.427. The van der Waals surface area contributed by atoms with Crippen LogP contribution in [-0.2, 0) is 0 Å². The number of carbonyl (C=O) groups excluding carboxylic acids is 2. The summed E-state index contributed by atoms with van der Waals surface area (Å²) in [6.07, 6.45) is 0. The summed E-state index contributed by atoms with van der Waals surface area (Å²) in [5.74, 6) is -0.638. The number of halogens is 1. The molecule has 3 rings (SSSR count). The summed E-state index contributed by atoms with van der Waals surface area (Å²) in [7, 11) is 0. The predicted octanol–water partition coefficient (Wildman–Crippen LogP) is 4.12. The Morgan fingerprint density at radius 2 is 1.70 bits per heavy atom. The first-order valence-electron chi connectivity index (χ1n) is 8.21. The van der Waals surface area contributed by atoms with E-state index < -0.39 is 5.91 Å². The molecule has 6 nitrogen and oxygen atoms in total.